The summed E-state index contributed by atoms with van der Waals surface area (Å²) in [6, 6.07) is 17.9. The second-order valence-electron chi connectivity index (χ2n) is 6.50. The maximum atomic E-state index is 12.6. The third-order valence-corrected chi connectivity index (χ3v) is 4.85. The molecule has 0 unspecified atom stereocenters. The van der Waals surface area contributed by atoms with E-state index in [1.54, 1.807) is 36.5 Å². The number of azo groups is 1. The van der Waals surface area contributed by atoms with Gasteiger partial charge in [-0.05, 0) is 42.5 Å². The number of nitrogens with two attached hydrogens (primary N) is 1. The van der Waals surface area contributed by atoms with Crippen molar-refractivity contribution in [2.24, 2.45) is 10.2 Å². The van der Waals surface area contributed by atoms with Gasteiger partial charge in [0.25, 0.3) is 0 Å². The van der Waals surface area contributed by atoms with E-state index >= 15 is 0 Å². The third-order valence-electron chi connectivity index (χ3n) is 4.55. The number of rotatable bonds is 3. The zero-order valence-electron chi connectivity index (χ0n) is 15.4. The first-order valence-corrected chi connectivity index (χ1v) is 9.42. The fourth-order valence-electron chi connectivity index (χ4n) is 3.12. The summed E-state index contributed by atoms with van der Waals surface area (Å²) in [7, 11) is 0. The van der Waals surface area contributed by atoms with Gasteiger partial charge in [-0.15, -0.1) is 22.8 Å². The summed E-state index contributed by atoms with van der Waals surface area (Å²) in [4.78, 5) is 17.8. The molecule has 0 aliphatic rings. The molecule has 0 saturated heterocycles. The van der Waals surface area contributed by atoms with Gasteiger partial charge in [0.15, 0.2) is 17.2 Å². The summed E-state index contributed by atoms with van der Waals surface area (Å²) in [5, 5.41) is 13.5. The first-order valence-electron chi connectivity index (χ1n) is 8.97. The Morgan fingerprint density at radius 2 is 1.83 bits per heavy atom. The van der Waals surface area contributed by atoms with Crippen LogP contribution in [0.5, 0.6) is 0 Å². The van der Waals surface area contributed by atoms with E-state index < -0.39 is 5.63 Å². The zero-order chi connectivity index (χ0) is 20.7. The molecule has 0 atom stereocenters. The van der Waals surface area contributed by atoms with Crippen LogP contribution < -0.4 is 11.4 Å². The number of anilines is 1. The van der Waals surface area contributed by atoms with Crippen LogP contribution >= 0.6 is 12.6 Å². The molecular formula is C21H14N6O2S. The van der Waals surface area contributed by atoms with Crippen molar-refractivity contribution in [3.8, 4) is 11.3 Å². The number of fused-ring (bicyclic) bond motifs is 2. The second kappa shape index (κ2) is 7.12. The molecular weight excluding hydrogens is 400 g/mol. The third kappa shape index (κ3) is 3.11. The summed E-state index contributed by atoms with van der Waals surface area (Å²) in [6.07, 6.45) is 1.56. The molecule has 8 nitrogen and oxygen atoms in total. The highest BCUT2D eigenvalue weighted by Gasteiger charge is 2.17. The molecule has 146 valence electrons. The molecule has 0 spiro atoms. The summed E-state index contributed by atoms with van der Waals surface area (Å²) >= 11 is 4.25. The van der Waals surface area contributed by atoms with Crippen molar-refractivity contribution < 1.29 is 4.42 Å². The maximum Gasteiger partial charge on any atom is 0.345 e. The van der Waals surface area contributed by atoms with E-state index in [0.717, 1.165) is 10.3 Å². The average molecular weight is 414 g/mol. The minimum Gasteiger partial charge on any atom is -0.422 e. The van der Waals surface area contributed by atoms with Gasteiger partial charge in [-0.3, -0.25) is 0 Å². The van der Waals surface area contributed by atoms with E-state index in [2.05, 4.69) is 32.9 Å². The van der Waals surface area contributed by atoms with Crippen molar-refractivity contribution >= 4 is 46.4 Å². The Morgan fingerprint density at radius 3 is 2.67 bits per heavy atom. The molecule has 2 aromatic carbocycles. The van der Waals surface area contributed by atoms with Crippen molar-refractivity contribution in [2.75, 3.05) is 5.73 Å². The molecule has 5 aromatic rings. The highest BCUT2D eigenvalue weighted by Crippen LogP contribution is 2.31. The predicted molar refractivity (Wildman–Crippen MR) is 117 cm³/mol. The summed E-state index contributed by atoms with van der Waals surface area (Å²) in [6.45, 7) is 0. The number of aromatic nitrogens is 3. The molecule has 9 heteroatoms. The van der Waals surface area contributed by atoms with Crippen LogP contribution in [0.1, 0.15) is 0 Å². The lowest BCUT2D eigenvalue weighted by Gasteiger charge is -2.04. The molecule has 0 aliphatic carbocycles. The van der Waals surface area contributed by atoms with Crippen molar-refractivity contribution in [1.82, 2.24) is 14.6 Å². The number of para-hydroxylation sites is 1. The molecule has 0 bridgehead atoms. The van der Waals surface area contributed by atoms with E-state index in [9.17, 15) is 4.79 Å². The van der Waals surface area contributed by atoms with Crippen molar-refractivity contribution in [3.05, 3.63) is 77.3 Å². The monoisotopic (exact) mass is 414 g/mol. The smallest absolute Gasteiger partial charge is 0.345 e. The maximum absolute atomic E-state index is 12.6. The van der Waals surface area contributed by atoms with Crippen LogP contribution in [0.2, 0.25) is 0 Å². The van der Waals surface area contributed by atoms with Crippen LogP contribution in [-0.4, -0.2) is 14.6 Å². The van der Waals surface area contributed by atoms with E-state index in [1.807, 2.05) is 30.3 Å². The number of hydrogen-bond acceptors (Lipinski definition) is 8. The number of benzene rings is 2. The highest BCUT2D eigenvalue weighted by atomic mass is 32.1. The van der Waals surface area contributed by atoms with E-state index in [-0.39, 0.29) is 5.82 Å². The Kier molecular flexibility index (Phi) is 4.29. The Labute approximate surface area is 175 Å². The number of nitrogen functional groups attached to an aromatic ring is 1. The van der Waals surface area contributed by atoms with Gasteiger partial charge in [-0.25, -0.2) is 14.3 Å². The summed E-state index contributed by atoms with van der Waals surface area (Å²) in [5.74, 6) is 0.148. The molecule has 0 saturated carbocycles. The van der Waals surface area contributed by atoms with Crippen LogP contribution in [0, 0.1) is 0 Å². The number of thiol groups is 1. The van der Waals surface area contributed by atoms with E-state index in [0.29, 0.717) is 33.9 Å². The standard InChI is InChI=1S/C21H14N6O2S/c22-19-18(25-24-13-5-7-14(30)8-6-13)20-23-10-9-16(27(20)26-19)15-11-12-3-1-2-4-17(12)29-21(15)28/h1-11,30H,(H2,22,26). The molecule has 30 heavy (non-hydrogen) atoms. The van der Waals surface area contributed by atoms with Gasteiger partial charge < -0.3 is 10.2 Å². The van der Waals surface area contributed by atoms with Gasteiger partial charge in [-0.2, -0.15) is 5.11 Å². The molecule has 5 rings (SSSR count). The van der Waals surface area contributed by atoms with Gasteiger partial charge in [0.2, 0.25) is 0 Å². The van der Waals surface area contributed by atoms with Crippen LogP contribution in [0.3, 0.4) is 0 Å². The molecule has 3 heterocycles. The van der Waals surface area contributed by atoms with Crippen molar-refractivity contribution in [3.63, 3.8) is 0 Å². The molecule has 3 aromatic heterocycles. The Morgan fingerprint density at radius 1 is 1.03 bits per heavy atom. The van der Waals surface area contributed by atoms with E-state index in [1.165, 1.54) is 4.52 Å². The van der Waals surface area contributed by atoms with Gasteiger partial charge in [0.05, 0.1) is 16.9 Å². The number of hydrogen-bond donors (Lipinski definition) is 2. The lowest BCUT2D eigenvalue weighted by atomic mass is 10.1. The minimum absolute atomic E-state index is 0.148. The lowest BCUT2D eigenvalue weighted by molar-refractivity contribution is 0.563. The summed E-state index contributed by atoms with van der Waals surface area (Å²) < 4.78 is 6.93. The predicted octanol–water partition coefficient (Wildman–Crippen LogP) is 4.79. The topological polar surface area (TPSA) is 111 Å². The first-order chi connectivity index (χ1) is 14.6. The van der Waals surface area contributed by atoms with E-state index in [4.69, 9.17) is 10.2 Å². The van der Waals surface area contributed by atoms with Crippen LogP contribution in [0.15, 0.2) is 91.2 Å². The number of nitrogens with zero attached hydrogens (tertiary/aromatic N) is 5. The second-order valence-corrected chi connectivity index (χ2v) is 7.02. The van der Waals surface area contributed by atoms with Gasteiger partial charge in [-0.1, -0.05) is 18.2 Å². The Balaban J connectivity index is 1.66. The summed E-state index contributed by atoms with van der Waals surface area (Å²) in [5.41, 5.74) is 8.28. The molecule has 0 aliphatic heterocycles. The Hall–Kier alpha value is -3.98. The fourth-order valence-corrected chi connectivity index (χ4v) is 3.27. The lowest BCUT2D eigenvalue weighted by Crippen LogP contribution is -2.07. The Bertz CT molecular complexity index is 1490. The SMILES string of the molecule is Nc1nn2c(-c3cc4ccccc4oc3=O)ccnc2c1N=Nc1ccc(S)cc1. The zero-order valence-corrected chi connectivity index (χ0v) is 16.3. The molecule has 2 N–H and O–H groups in total. The van der Waals surface area contributed by atoms with Crippen molar-refractivity contribution in [2.45, 2.75) is 4.90 Å². The largest absolute Gasteiger partial charge is 0.422 e. The minimum atomic E-state index is -0.481. The molecule has 0 amide bonds. The van der Waals surface area contributed by atoms with Crippen LogP contribution in [0.25, 0.3) is 27.9 Å². The van der Waals surface area contributed by atoms with Crippen LogP contribution in [-0.2, 0) is 0 Å². The van der Waals surface area contributed by atoms with Gasteiger partial charge in [0, 0.05) is 16.5 Å². The highest BCUT2D eigenvalue weighted by molar-refractivity contribution is 7.80. The normalized spacial score (nSPS) is 11.6. The first kappa shape index (κ1) is 18.1. The van der Waals surface area contributed by atoms with Crippen molar-refractivity contribution in [1.29, 1.82) is 0 Å². The fraction of sp³-hybridized carbons (Fsp3) is 0. The van der Waals surface area contributed by atoms with Gasteiger partial charge in [0.1, 0.15) is 5.58 Å². The van der Waals surface area contributed by atoms with Crippen LogP contribution in [0.4, 0.5) is 17.2 Å². The molecule has 0 fully saturated rings. The van der Waals surface area contributed by atoms with Gasteiger partial charge >= 0.3 is 5.63 Å². The average Bonchev–Trinajstić information content (AvgIpc) is 3.08. The quantitative estimate of drug-likeness (QED) is 0.250. The molecule has 0 radical (unpaired) electrons.